The molecule has 0 N–H and O–H groups in total. The van der Waals surface area contributed by atoms with Gasteiger partial charge in [-0.05, 0) is 25.5 Å². The first kappa shape index (κ1) is 12.4. The maximum Gasteiger partial charge on any atom is 0.157 e. The van der Waals surface area contributed by atoms with Gasteiger partial charge in [-0.1, -0.05) is 36.4 Å². The Labute approximate surface area is 108 Å². The van der Waals surface area contributed by atoms with Crippen LogP contribution in [0.25, 0.3) is 6.08 Å². The van der Waals surface area contributed by atoms with Gasteiger partial charge in [0, 0.05) is 6.04 Å². The SMILES string of the molecule is CC(C)n1cc(OC/C=C/c2ccccc2)cn1. The fourth-order valence-corrected chi connectivity index (χ4v) is 1.57. The van der Waals surface area contributed by atoms with Crippen LogP contribution in [-0.2, 0) is 0 Å². The van der Waals surface area contributed by atoms with E-state index >= 15 is 0 Å². The van der Waals surface area contributed by atoms with E-state index < -0.39 is 0 Å². The van der Waals surface area contributed by atoms with Crippen molar-refractivity contribution in [3.05, 3.63) is 54.4 Å². The molecule has 0 fully saturated rings. The molecule has 0 bridgehead atoms. The van der Waals surface area contributed by atoms with Crippen molar-refractivity contribution in [3.8, 4) is 5.75 Å². The van der Waals surface area contributed by atoms with Gasteiger partial charge in [0.2, 0.25) is 0 Å². The number of ether oxygens (including phenoxy) is 1. The molecule has 0 saturated heterocycles. The first-order chi connectivity index (χ1) is 8.75. The van der Waals surface area contributed by atoms with Gasteiger partial charge in [-0.15, -0.1) is 0 Å². The van der Waals surface area contributed by atoms with Crippen LogP contribution in [0.15, 0.2) is 48.8 Å². The second-order valence-corrected chi connectivity index (χ2v) is 4.37. The average Bonchev–Trinajstić information content (AvgIpc) is 2.85. The monoisotopic (exact) mass is 242 g/mol. The topological polar surface area (TPSA) is 27.1 Å². The zero-order chi connectivity index (χ0) is 12.8. The van der Waals surface area contributed by atoms with E-state index in [0.29, 0.717) is 12.6 Å². The first-order valence-corrected chi connectivity index (χ1v) is 6.14. The molecule has 0 atom stereocenters. The summed E-state index contributed by atoms with van der Waals surface area (Å²) >= 11 is 0. The largest absolute Gasteiger partial charge is 0.486 e. The first-order valence-electron chi connectivity index (χ1n) is 6.14. The van der Waals surface area contributed by atoms with E-state index in [1.165, 1.54) is 5.56 Å². The summed E-state index contributed by atoms with van der Waals surface area (Å²) in [5, 5.41) is 4.22. The lowest BCUT2D eigenvalue weighted by Crippen LogP contribution is -2.00. The summed E-state index contributed by atoms with van der Waals surface area (Å²) in [6.45, 7) is 4.73. The van der Waals surface area contributed by atoms with Gasteiger partial charge < -0.3 is 4.74 Å². The number of nitrogens with zero attached hydrogens (tertiary/aromatic N) is 2. The summed E-state index contributed by atoms with van der Waals surface area (Å²) in [5.41, 5.74) is 1.18. The Hall–Kier alpha value is -2.03. The fourth-order valence-electron chi connectivity index (χ4n) is 1.57. The van der Waals surface area contributed by atoms with Crippen molar-refractivity contribution < 1.29 is 4.74 Å². The van der Waals surface area contributed by atoms with Gasteiger partial charge in [-0.2, -0.15) is 5.10 Å². The van der Waals surface area contributed by atoms with Crippen LogP contribution in [0.5, 0.6) is 5.75 Å². The van der Waals surface area contributed by atoms with Crippen molar-refractivity contribution in [3.63, 3.8) is 0 Å². The molecule has 0 aliphatic rings. The van der Waals surface area contributed by atoms with E-state index in [1.54, 1.807) is 6.20 Å². The molecule has 0 aliphatic carbocycles. The highest BCUT2D eigenvalue weighted by molar-refractivity contribution is 5.48. The van der Waals surface area contributed by atoms with Gasteiger partial charge in [-0.25, -0.2) is 0 Å². The number of hydrogen-bond donors (Lipinski definition) is 0. The number of hydrogen-bond acceptors (Lipinski definition) is 2. The Morgan fingerprint density at radius 2 is 2.06 bits per heavy atom. The smallest absolute Gasteiger partial charge is 0.157 e. The van der Waals surface area contributed by atoms with Gasteiger partial charge in [-0.3, -0.25) is 4.68 Å². The molecule has 1 aromatic heterocycles. The van der Waals surface area contributed by atoms with Crippen molar-refractivity contribution in [2.45, 2.75) is 19.9 Å². The normalized spacial score (nSPS) is 11.3. The summed E-state index contributed by atoms with van der Waals surface area (Å²) in [5.74, 6) is 0.807. The Balaban J connectivity index is 1.83. The van der Waals surface area contributed by atoms with E-state index in [1.807, 2.05) is 41.2 Å². The number of benzene rings is 1. The molecule has 0 unspecified atom stereocenters. The van der Waals surface area contributed by atoms with E-state index in [2.05, 4.69) is 31.1 Å². The number of rotatable bonds is 5. The van der Waals surface area contributed by atoms with Crippen LogP contribution >= 0.6 is 0 Å². The molecule has 3 nitrogen and oxygen atoms in total. The van der Waals surface area contributed by atoms with Crippen LogP contribution in [0.4, 0.5) is 0 Å². The molecule has 0 aliphatic heterocycles. The Morgan fingerprint density at radius 1 is 1.28 bits per heavy atom. The van der Waals surface area contributed by atoms with Gasteiger partial charge in [0.1, 0.15) is 6.61 Å². The molecule has 0 amide bonds. The van der Waals surface area contributed by atoms with E-state index in [4.69, 9.17) is 4.74 Å². The van der Waals surface area contributed by atoms with Crippen molar-refractivity contribution >= 4 is 6.08 Å². The average molecular weight is 242 g/mol. The van der Waals surface area contributed by atoms with Crippen molar-refractivity contribution in [2.24, 2.45) is 0 Å². The predicted molar refractivity (Wildman–Crippen MR) is 73.6 cm³/mol. The molecule has 0 spiro atoms. The third kappa shape index (κ3) is 3.48. The van der Waals surface area contributed by atoms with Gasteiger partial charge >= 0.3 is 0 Å². The lowest BCUT2D eigenvalue weighted by Gasteiger charge is -2.03. The highest BCUT2D eigenvalue weighted by Gasteiger charge is 2.00. The van der Waals surface area contributed by atoms with E-state index in [-0.39, 0.29) is 0 Å². The predicted octanol–water partition coefficient (Wildman–Crippen LogP) is 3.56. The molecular weight excluding hydrogens is 224 g/mol. The van der Waals surface area contributed by atoms with E-state index in [0.717, 1.165) is 5.75 Å². The molecule has 94 valence electrons. The van der Waals surface area contributed by atoms with Crippen molar-refractivity contribution in [1.82, 2.24) is 9.78 Å². The molecule has 2 aromatic rings. The van der Waals surface area contributed by atoms with Crippen LogP contribution in [0.3, 0.4) is 0 Å². The summed E-state index contributed by atoms with van der Waals surface area (Å²) < 4.78 is 7.47. The minimum Gasteiger partial charge on any atom is -0.486 e. The maximum absolute atomic E-state index is 5.59. The molecule has 3 heteroatoms. The quantitative estimate of drug-likeness (QED) is 0.801. The standard InChI is InChI=1S/C15H18N2O/c1-13(2)17-12-15(11-16-17)18-10-6-9-14-7-4-3-5-8-14/h3-9,11-13H,10H2,1-2H3/b9-6+. The Kier molecular flexibility index (Phi) is 4.18. The second-order valence-electron chi connectivity index (χ2n) is 4.37. The number of aromatic nitrogens is 2. The second kappa shape index (κ2) is 6.05. The molecule has 1 aromatic carbocycles. The zero-order valence-electron chi connectivity index (χ0n) is 10.8. The highest BCUT2D eigenvalue weighted by atomic mass is 16.5. The third-order valence-electron chi connectivity index (χ3n) is 2.56. The van der Waals surface area contributed by atoms with Crippen molar-refractivity contribution in [1.29, 1.82) is 0 Å². The molecule has 0 saturated carbocycles. The third-order valence-corrected chi connectivity index (χ3v) is 2.56. The zero-order valence-corrected chi connectivity index (χ0v) is 10.8. The molecular formula is C15H18N2O. The lowest BCUT2D eigenvalue weighted by atomic mass is 10.2. The van der Waals surface area contributed by atoms with Crippen LogP contribution < -0.4 is 4.74 Å². The summed E-state index contributed by atoms with van der Waals surface area (Å²) in [6, 6.07) is 10.5. The Morgan fingerprint density at radius 3 is 2.72 bits per heavy atom. The van der Waals surface area contributed by atoms with Crippen LogP contribution in [-0.4, -0.2) is 16.4 Å². The summed E-state index contributed by atoms with van der Waals surface area (Å²) in [7, 11) is 0. The van der Waals surface area contributed by atoms with Crippen LogP contribution in [0, 0.1) is 0 Å². The molecule has 2 rings (SSSR count). The molecule has 0 radical (unpaired) electrons. The van der Waals surface area contributed by atoms with Crippen LogP contribution in [0.2, 0.25) is 0 Å². The van der Waals surface area contributed by atoms with Crippen molar-refractivity contribution in [2.75, 3.05) is 6.61 Å². The minimum atomic E-state index is 0.363. The molecule has 18 heavy (non-hydrogen) atoms. The molecule has 1 heterocycles. The minimum absolute atomic E-state index is 0.363. The van der Waals surface area contributed by atoms with Gasteiger partial charge in [0.05, 0.1) is 12.4 Å². The van der Waals surface area contributed by atoms with Gasteiger partial charge in [0.15, 0.2) is 5.75 Å². The summed E-state index contributed by atoms with van der Waals surface area (Å²) in [6.07, 6.45) is 7.71. The highest BCUT2D eigenvalue weighted by Crippen LogP contribution is 2.12. The van der Waals surface area contributed by atoms with Gasteiger partial charge in [0.25, 0.3) is 0 Å². The maximum atomic E-state index is 5.59. The van der Waals surface area contributed by atoms with Crippen LogP contribution in [0.1, 0.15) is 25.5 Å². The fraction of sp³-hybridized carbons (Fsp3) is 0.267. The lowest BCUT2D eigenvalue weighted by molar-refractivity contribution is 0.362. The Bertz CT molecular complexity index is 500. The summed E-state index contributed by atoms with van der Waals surface area (Å²) in [4.78, 5) is 0. The van der Waals surface area contributed by atoms with E-state index in [9.17, 15) is 0 Å².